The monoisotopic (exact) mass is 366 g/mol. The number of rotatable bonds is 3. The smallest absolute Gasteiger partial charge is 0.229 e. The van der Waals surface area contributed by atoms with Gasteiger partial charge in [0, 0.05) is 18.0 Å². The maximum absolute atomic E-state index is 13.9. The lowest BCUT2D eigenvalue weighted by Gasteiger charge is -2.17. The molecule has 0 aromatic heterocycles. The molecule has 1 atom stereocenters. The van der Waals surface area contributed by atoms with Crippen LogP contribution in [0.5, 0.6) is 0 Å². The van der Waals surface area contributed by atoms with Crippen LogP contribution in [0.2, 0.25) is 10.0 Å². The van der Waals surface area contributed by atoms with E-state index in [0.717, 1.165) is 0 Å². The third kappa shape index (κ3) is 3.37. The molecular weight excluding hydrogens is 354 g/mol. The molecule has 1 aliphatic heterocycles. The molecular formula is C17H13Cl2FN2O2. The van der Waals surface area contributed by atoms with Crippen LogP contribution in [0.25, 0.3) is 0 Å². The highest BCUT2D eigenvalue weighted by Crippen LogP contribution is 2.30. The zero-order chi connectivity index (χ0) is 17.3. The van der Waals surface area contributed by atoms with Crippen molar-refractivity contribution in [3.05, 3.63) is 58.3 Å². The largest absolute Gasteiger partial charge is 0.324 e. The number of hydrogen-bond donors (Lipinski definition) is 1. The SMILES string of the molecule is O=C(Nc1ccc(Cl)cc1Cl)C1CC(=O)N(c2ccccc2F)C1. The molecule has 1 N–H and O–H groups in total. The average Bonchev–Trinajstić information content (AvgIpc) is 2.92. The van der Waals surface area contributed by atoms with Crippen molar-refractivity contribution in [2.45, 2.75) is 6.42 Å². The molecule has 1 saturated heterocycles. The molecule has 0 bridgehead atoms. The summed E-state index contributed by atoms with van der Waals surface area (Å²) < 4.78 is 13.9. The molecule has 124 valence electrons. The summed E-state index contributed by atoms with van der Waals surface area (Å²) in [6.07, 6.45) is 0.0192. The normalized spacial score (nSPS) is 17.2. The van der Waals surface area contributed by atoms with Gasteiger partial charge in [-0.15, -0.1) is 0 Å². The summed E-state index contributed by atoms with van der Waals surface area (Å²) in [7, 11) is 0. The van der Waals surface area contributed by atoms with Gasteiger partial charge in [-0.25, -0.2) is 4.39 Å². The van der Waals surface area contributed by atoms with Crippen molar-refractivity contribution in [3.8, 4) is 0 Å². The van der Waals surface area contributed by atoms with Crippen molar-refractivity contribution in [1.82, 2.24) is 0 Å². The standard InChI is InChI=1S/C17H13Cl2FN2O2/c18-11-5-6-14(12(19)8-11)21-17(24)10-7-16(23)22(9-10)15-4-2-1-3-13(15)20/h1-6,8,10H,7,9H2,(H,21,24). The lowest BCUT2D eigenvalue weighted by Crippen LogP contribution is -2.28. The minimum atomic E-state index is -0.580. The van der Waals surface area contributed by atoms with E-state index >= 15 is 0 Å². The first-order valence-electron chi connectivity index (χ1n) is 7.26. The third-order valence-corrected chi connectivity index (χ3v) is 4.38. The maximum atomic E-state index is 13.9. The van der Waals surface area contributed by atoms with Gasteiger partial charge in [0.15, 0.2) is 0 Å². The summed E-state index contributed by atoms with van der Waals surface area (Å²) in [5, 5.41) is 3.45. The maximum Gasteiger partial charge on any atom is 0.229 e. The third-order valence-electron chi connectivity index (χ3n) is 3.83. The molecule has 3 rings (SSSR count). The van der Waals surface area contributed by atoms with Crippen LogP contribution in [0, 0.1) is 11.7 Å². The Bertz CT molecular complexity index is 813. The van der Waals surface area contributed by atoms with Gasteiger partial charge in [0.1, 0.15) is 5.82 Å². The predicted molar refractivity (Wildman–Crippen MR) is 92.0 cm³/mol. The molecule has 1 aliphatic rings. The Morgan fingerprint density at radius 2 is 1.96 bits per heavy atom. The van der Waals surface area contributed by atoms with Crippen LogP contribution in [0.4, 0.5) is 15.8 Å². The molecule has 7 heteroatoms. The summed E-state index contributed by atoms with van der Waals surface area (Å²) in [6.45, 7) is 0.122. The van der Waals surface area contributed by atoms with Gasteiger partial charge in [-0.1, -0.05) is 35.3 Å². The minimum absolute atomic E-state index is 0.0192. The lowest BCUT2D eigenvalue weighted by molar-refractivity contribution is -0.122. The number of para-hydroxylation sites is 1. The van der Waals surface area contributed by atoms with Gasteiger partial charge in [0.25, 0.3) is 0 Å². The van der Waals surface area contributed by atoms with Crippen LogP contribution in [0.1, 0.15) is 6.42 Å². The highest BCUT2D eigenvalue weighted by Gasteiger charge is 2.36. The van der Waals surface area contributed by atoms with Crippen molar-refractivity contribution in [2.24, 2.45) is 5.92 Å². The Labute approximate surface area is 148 Å². The quantitative estimate of drug-likeness (QED) is 0.887. The topological polar surface area (TPSA) is 49.4 Å². The Morgan fingerprint density at radius 1 is 1.21 bits per heavy atom. The molecule has 0 aliphatic carbocycles. The molecule has 2 aromatic carbocycles. The number of nitrogens with zero attached hydrogens (tertiary/aromatic N) is 1. The van der Waals surface area contributed by atoms with Gasteiger partial charge in [-0.3, -0.25) is 9.59 Å². The first-order chi connectivity index (χ1) is 11.5. The fourth-order valence-electron chi connectivity index (χ4n) is 2.61. The molecule has 0 radical (unpaired) electrons. The number of halogens is 3. The van der Waals surface area contributed by atoms with Crippen LogP contribution >= 0.6 is 23.2 Å². The van der Waals surface area contributed by atoms with Crippen molar-refractivity contribution in [3.63, 3.8) is 0 Å². The molecule has 1 heterocycles. The summed E-state index contributed by atoms with van der Waals surface area (Å²) >= 11 is 11.8. The summed E-state index contributed by atoms with van der Waals surface area (Å²) in [4.78, 5) is 25.8. The van der Waals surface area contributed by atoms with Crippen LogP contribution < -0.4 is 10.2 Å². The summed E-state index contributed by atoms with van der Waals surface area (Å²) in [5.74, 6) is -1.70. The molecule has 1 unspecified atom stereocenters. The number of benzene rings is 2. The Hall–Kier alpha value is -2.11. The predicted octanol–water partition coefficient (Wildman–Crippen LogP) is 4.12. The van der Waals surface area contributed by atoms with E-state index in [4.69, 9.17) is 23.2 Å². The Kier molecular flexibility index (Phi) is 4.73. The fraction of sp³-hybridized carbons (Fsp3) is 0.176. The van der Waals surface area contributed by atoms with Gasteiger partial charge in [-0.2, -0.15) is 0 Å². The van der Waals surface area contributed by atoms with Crippen LogP contribution in [0.15, 0.2) is 42.5 Å². The van der Waals surface area contributed by atoms with E-state index in [1.165, 1.54) is 23.1 Å². The molecule has 0 saturated carbocycles. The number of hydrogen-bond acceptors (Lipinski definition) is 2. The van der Waals surface area contributed by atoms with E-state index in [0.29, 0.717) is 15.7 Å². The van der Waals surface area contributed by atoms with Gasteiger partial charge in [0.05, 0.1) is 22.3 Å². The zero-order valence-electron chi connectivity index (χ0n) is 12.4. The minimum Gasteiger partial charge on any atom is -0.324 e. The number of nitrogens with one attached hydrogen (secondary N) is 1. The number of amides is 2. The number of anilines is 2. The van der Waals surface area contributed by atoms with E-state index in [1.807, 2.05) is 0 Å². The molecule has 1 fully saturated rings. The van der Waals surface area contributed by atoms with Crippen LogP contribution in [-0.4, -0.2) is 18.4 Å². The van der Waals surface area contributed by atoms with Crippen LogP contribution in [0.3, 0.4) is 0 Å². The van der Waals surface area contributed by atoms with Gasteiger partial charge in [-0.05, 0) is 30.3 Å². The van der Waals surface area contributed by atoms with Gasteiger partial charge < -0.3 is 10.2 Å². The molecule has 24 heavy (non-hydrogen) atoms. The van der Waals surface area contributed by atoms with E-state index in [2.05, 4.69) is 5.32 Å². The zero-order valence-corrected chi connectivity index (χ0v) is 13.9. The fourth-order valence-corrected chi connectivity index (χ4v) is 3.07. The summed E-state index contributed by atoms with van der Waals surface area (Å²) in [6, 6.07) is 10.7. The second-order valence-corrected chi connectivity index (χ2v) is 6.31. The molecule has 2 aromatic rings. The molecule has 4 nitrogen and oxygen atoms in total. The highest BCUT2D eigenvalue weighted by molar-refractivity contribution is 6.36. The van der Waals surface area contributed by atoms with Crippen molar-refractivity contribution in [1.29, 1.82) is 0 Å². The second kappa shape index (κ2) is 6.79. The summed E-state index contributed by atoms with van der Waals surface area (Å²) in [5.41, 5.74) is 0.602. The van der Waals surface area contributed by atoms with Gasteiger partial charge in [0.2, 0.25) is 11.8 Å². The molecule has 2 amide bonds. The number of carbonyl (C=O) groups excluding carboxylic acids is 2. The Morgan fingerprint density at radius 3 is 2.67 bits per heavy atom. The first kappa shape index (κ1) is 16.7. The van der Waals surface area contributed by atoms with Crippen molar-refractivity contribution >= 4 is 46.4 Å². The van der Waals surface area contributed by atoms with E-state index in [9.17, 15) is 14.0 Å². The van der Waals surface area contributed by atoms with Crippen LogP contribution in [-0.2, 0) is 9.59 Å². The second-order valence-electron chi connectivity index (χ2n) is 5.47. The van der Waals surface area contributed by atoms with E-state index in [-0.39, 0.29) is 30.5 Å². The average molecular weight is 367 g/mol. The van der Waals surface area contributed by atoms with Crippen molar-refractivity contribution < 1.29 is 14.0 Å². The van der Waals surface area contributed by atoms with E-state index in [1.54, 1.807) is 24.3 Å². The highest BCUT2D eigenvalue weighted by atomic mass is 35.5. The van der Waals surface area contributed by atoms with Crippen molar-refractivity contribution in [2.75, 3.05) is 16.8 Å². The first-order valence-corrected chi connectivity index (χ1v) is 8.02. The lowest BCUT2D eigenvalue weighted by atomic mass is 10.1. The number of carbonyl (C=O) groups is 2. The molecule has 0 spiro atoms. The van der Waals surface area contributed by atoms with Gasteiger partial charge >= 0.3 is 0 Å². The Balaban J connectivity index is 1.73. The van der Waals surface area contributed by atoms with E-state index < -0.39 is 11.7 Å².